The number of carbonyl (C=O) groups is 2. The van der Waals surface area contributed by atoms with E-state index in [4.69, 9.17) is 0 Å². The predicted molar refractivity (Wildman–Crippen MR) is 153 cm³/mol. The van der Waals surface area contributed by atoms with Crippen LogP contribution in [0.5, 0.6) is 0 Å². The van der Waals surface area contributed by atoms with Gasteiger partial charge in [0.15, 0.2) is 0 Å². The number of anilines is 2. The standard InChI is InChI=1S/C27H40N4O6S2/c1-20(2)30-38(34,35)24-16-12-22(13-17-24)28-26(32)10-8-6-5-7-9-11-27(33)29-23-14-18-25(19-15-23)39(36,37)31-21(3)4/h12-21,30-31H,5-11H2,1-4H3,(H,28,32)(H,29,33). The van der Waals surface area contributed by atoms with Crippen molar-refractivity contribution >= 4 is 43.2 Å². The van der Waals surface area contributed by atoms with E-state index in [1.165, 1.54) is 24.3 Å². The Morgan fingerprint density at radius 3 is 1.18 bits per heavy atom. The first kappa shape index (κ1) is 32.4. The first-order valence-electron chi connectivity index (χ1n) is 13.1. The molecule has 2 aromatic carbocycles. The molecule has 0 aliphatic heterocycles. The van der Waals surface area contributed by atoms with Crippen LogP contribution in [0.25, 0.3) is 0 Å². The minimum absolute atomic E-state index is 0.135. The Hall–Kier alpha value is -2.80. The average molecular weight is 581 g/mol. The van der Waals surface area contributed by atoms with Crippen molar-refractivity contribution < 1.29 is 26.4 Å². The zero-order valence-electron chi connectivity index (χ0n) is 23.0. The molecule has 0 fully saturated rings. The number of nitrogens with one attached hydrogen (secondary N) is 4. The van der Waals surface area contributed by atoms with Gasteiger partial charge in [-0.05, 0) is 89.1 Å². The molecule has 12 heteroatoms. The van der Waals surface area contributed by atoms with Gasteiger partial charge in [0, 0.05) is 36.3 Å². The molecule has 0 heterocycles. The third-order valence-electron chi connectivity index (χ3n) is 5.49. The Bertz CT molecular complexity index is 1190. The maximum absolute atomic E-state index is 12.2. The number of benzene rings is 2. The van der Waals surface area contributed by atoms with Crippen LogP contribution in [0.2, 0.25) is 0 Å². The third-order valence-corrected chi connectivity index (χ3v) is 8.84. The summed E-state index contributed by atoms with van der Waals surface area (Å²) in [6.45, 7) is 6.98. The third kappa shape index (κ3) is 11.9. The normalized spacial score (nSPS) is 12.1. The van der Waals surface area contributed by atoms with Gasteiger partial charge in [-0.1, -0.05) is 19.3 Å². The Morgan fingerprint density at radius 2 is 0.872 bits per heavy atom. The molecular formula is C27H40N4O6S2. The number of hydrogen-bond acceptors (Lipinski definition) is 6. The molecule has 0 saturated heterocycles. The van der Waals surface area contributed by atoms with Crippen LogP contribution in [0.15, 0.2) is 58.3 Å². The van der Waals surface area contributed by atoms with E-state index in [1.807, 2.05) is 0 Å². The predicted octanol–water partition coefficient (Wildman–Crippen LogP) is 4.37. The van der Waals surface area contributed by atoms with Gasteiger partial charge < -0.3 is 10.6 Å². The molecule has 0 bridgehead atoms. The molecule has 2 amide bonds. The summed E-state index contributed by atoms with van der Waals surface area (Å²) in [7, 11) is -7.14. The van der Waals surface area contributed by atoms with E-state index in [-0.39, 0.29) is 33.7 Å². The van der Waals surface area contributed by atoms with Crippen LogP contribution in [0.4, 0.5) is 11.4 Å². The van der Waals surface area contributed by atoms with Crippen LogP contribution >= 0.6 is 0 Å². The smallest absolute Gasteiger partial charge is 0.240 e. The SMILES string of the molecule is CC(C)NS(=O)(=O)c1ccc(NC(=O)CCCCCCCC(=O)Nc2ccc(S(=O)(=O)NC(C)C)cc2)cc1. The van der Waals surface area contributed by atoms with E-state index < -0.39 is 20.0 Å². The molecule has 0 unspecified atom stereocenters. The number of unbranched alkanes of at least 4 members (excludes halogenated alkanes) is 4. The van der Waals surface area contributed by atoms with E-state index in [2.05, 4.69) is 20.1 Å². The fraction of sp³-hybridized carbons (Fsp3) is 0.481. The highest BCUT2D eigenvalue weighted by Gasteiger charge is 2.16. The molecular weight excluding hydrogens is 540 g/mol. The fourth-order valence-electron chi connectivity index (χ4n) is 3.74. The second kappa shape index (κ2) is 15.1. The molecule has 0 atom stereocenters. The lowest BCUT2D eigenvalue weighted by atomic mass is 10.1. The van der Waals surface area contributed by atoms with Crippen molar-refractivity contribution in [2.45, 2.75) is 94.5 Å². The Balaban J connectivity index is 1.61. The van der Waals surface area contributed by atoms with E-state index >= 15 is 0 Å². The molecule has 2 aromatic rings. The fourth-order valence-corrected chi connectivity index (χ4v) is 6.24. The highest BCUT2D eigenvalue weighted by Crippen LogP contribution is 2.17. The number of carbonyl (C=O) groups excluding carboxylic acids is 2. The summed E-state index contributed by atoms with van der Waals surface area (Å²) < 4.78 is 53.7. The van der Waals surface area contributed by atoms with Crippen molar-refractivity contribution in [1.29, 1.82) is 0 Å². The van der Waals surface area contributed by atoms with Crippen LogP contribution in [0, 0.1) is 0 Å². The van der Waals surface area contributed by atoms with Gasteiger partial charge in [-0.15, -0.1) is 0 Å². The molecule has 0 spiro atoms. The molecule has 10 nitrogen and oxygen atoms in total. The maximum Gasteiger partial charge on any atom is 0.240 e. The van der Waals surface area contributed by atoms with Crippen LogP contribution < -0.4 is 20.1 Å². The number of sulfonamides is 2. The molecule has 0 aliphatic carbocycles. The summed E-state index contributed by atoms with van der Waals surface area (Å²) in [6, 6.07) is 11.7. The van der Waals surface area contributed by atoms with Crippen LogP contribution in [0.1, 0.15) is 72.6 Å². The Morgan fingerprint density at radius 1 is 0.564 bits per heavy atom. The van der Waals surface area contributed by atoms with E-state index in [0.717, 1.165) is 19.3 Å². The number of rotatable bonds is 16. The van der Waals surface area contributed by atoms with Crippen LogP contribution in [-0.4, -0.2) is 40.7 Å². The van der Waals surface area contributed by atoms with Gasteiger partial charge in [0.1, 0.15) is 0 Å². The largest absolute Gasteiger partial charge is 0.326 e. The molecule has 0 aliphatic rings. The van der Waals surface area contributed by atoms with Crippen molar-refractivity contribution in [2.75, 3.05) is 10.6 Å². The van der Waals surface area contributed by atoms with Gasteiger partial charge >= 0.3 is 0 Å². The van der Waals surface area contributed by atoms with Gasteiger partial charge in [-0.3, -0.25) is 9.59 Å². The monoisotopic (exact) mass is 580 g/mol. The molecule has 39 heavy (non-hydrogen) atoms. The highest BCUT2D eigenvalue weighted by molar-refractivity contribution is 7.89. The van der Waals surface area contributed by atoms with Gasteiger partial charge in [-0.25, -0.2) is 26.3 Å². The highest BCUT2D eigenvalue weighted by atomic mass is 32.2. The van der Waals surface area contributed by atoms with Gasteiger partial charge in [0.05, 0.1) is 9.79 Å². The Labute approximate surface area is 232 Å². The lowest BCUT2D eigenvalue weighted by molar-refractivity contribution is -0.117. The quantitative estimate of drug-likeness (QED) is 0.217. The van der Waals surface area contributed by atoms with Crippen molar-refractivity contribution in [1.82, 2.24) is 9.44 Å². The number of hydrogen-bond donors (Lipinski definition) is 4. The first-order chi connectivity index (χ1) is 18.3. The molecule has 2 rings (SSSR count). The molecule has 4 N–H and O–H groups in total. The Kier molecular flexibility index (Phi) is 12.6. The topological polar surface area (TPSA) is 151 Å². The van der Waals surface area contributed by atoms with E-state index in [0.29, 0.717) is 37.1 Å². The number of amides is 2. The molecule has 0 aromatic heterocycles. The lowest BCUT2D eigenvalue weighted by Gasteiger charge is -2.10. The average Bonchev–Trinajstić information content (AvgIpc) is 2.82. The van der Waals surface area contributed by atoms with Gasteiger partial charge in [0.2, 0.25) is 31.9 Å². The van der Waals surface area contributed by atoms with E-state index in [1.54, 1.807) is 52.0 Å². The second-order valence-electron chi connectivity index (χ2n) is 9.96. The summed E-state index contributed by atoms with van der Waals surface area (Å²) in [4.78, 5) is 24.7. The first-order valence-corrected chi connectivity index (χ1v) is 16.1. The van der Waals surface area contributed by atoms with Crippen molar-refractivity contribution in [2.24, 2.45) is 0 Å². The molecule has 216 valence electrons. The van der Waals surface area contributed by atoms with Crippen molar-refractivity contribution in [3.8, 4) is 0 Å². The summed E-state index contributed by atoms with van der Waals surface area (Å²) in [5.74, 6) is -0.270. The zero-order valence-corrected chi connectivity index (χ0v) is 24.6. The van der Waals surface area contributed by atoms with Crippen molar-refractivity contribution in [3.05, 3.63) is 48.5 Å². The van der Waals surface area contributed by atoms with E-state index in [9.17, 15) is 26.4 Å². The minimum atomic E-state index is -3.57. The summed E-state index contributed by atoms with van der Waals surface area (Å²) in [5, 5.41) is 5.55. The summed E-state index contributed by atoms with van der Waals surface area (Å²) in [6.07, 6.45) is 4.74. The molecule has 0 saturated carbocycles. The summed E-state index contributed by atoms with van der Waals surface area (Å²) in [5.41, 5.74) is 1.08. The lowest BCUT2D eigenvalue weighted by Crippen LogP contribution is -2.30. The molecule has 0 radical (unpaired) electrons. The zero-order chi connectivity index (χ0) is 29.1. The second-order valence-corrected chi connectivity index (χ2v) is 13.4. The maximum atomic E-state index is 12.2. The van der Waals surface area contributed by atoms with Crippen LogP contribution in [-0.2, 0) is 29.6 Å². The van der Waals surface area contributed by atoms with Crippen molar-refractivity contribution in [3.63, 3.8) is 0 Å². The van der Waals surface area contributed by atoms with Gasteiger partial charge in [0.25, 0.3) is 0 Å². The summed E-state index contributed by atoms with van der Waals surface area (Å²) >= 11 is 0. The minimum Gasteiger partial charge on any atom is -0.326 e. The van der Waals surface area contributed by atoms with Crippen LogP contribution in [0.3, 0.4) is 0 Å². The van der Waals surface area contributed by atoms with Gasteiger partial charge in [-0.2, -0.15) is 0 Å².